The quantitative estimate of drug-likeness (QED) is 0.901. The first kappa shape index (κ1) is 14.3. The van der Waals surface area contributed by atoms with Crippen LogP contribution in [0.4, 0.5) is 0 Å². The van der Waals surface area contributed by atoms with Crippen LogP contribution < -0.4 is 10.5 Å². The zero-order valence-corrected chi connectivity index (χ0v) is 11.0. The highest BCUT2D eigenvalue weighted by Crippen LogP contribution is 2.21. The normalized spacial score (nSPS) is 18.8. The van der Waals surface area contributed by atoms with Crippen molar-refractivity contribution in [3.05, 3.63) is 29.3 Å². The highest BCUT2D eigenvalue weighted by atomic mass is 35.5. The summed E-state index contributed by atoms with van der Waals surface area (Å²) < 4.78 is 11.3. The number of halogens is 1. The Kier molecular flexibility index (Phi) is 5.75. The number of hydrogen-bond acceptors (Lipinski definition) is 3. The standard InChI is InChI=1S/C13H19NO2.ClH/c1-10-4-5-11(8-14)13(7-10)16-9-12-3-2-6-15-12;/h4-5,7,12H,2-3,6,8-9,14H2,1H3;1H. The molecule has 1 aliphatic rings. The molecule has 96 valence electrons. The molecule has 1 fully saturated rings. The molecular weight excluding hydrogens is 238 g/mol. The molecule has 17 heavy (non-hydrogen) atoms. The van der Waals surface area contributed by atoms with Crippen molar-refractivity contribution in [2.45, 2.75) is 32.4 Å². The van der Waals surface area contributed by atoms with Crippen LogP contribution in [0.1, 0.15) is 24.0 Å². The molecule has 1 aliphatic heterocycles. The van der Waals surface area contributed by atoms with Crippen molar-refractivity contribution in [2.24, 2.45) is 5.73 Å². The second-order valence-electron chi connectivity index (χ2n) is 4.26. The Hall–Kier alpha value is -0.770. The van der Waals surface area contributed by atoms with E-state index in [1.165, 1.54) is 5.56 Å². The zero-order valence-electron chi connectivity index (χ0n) is 10.1. The van der Waals surface area contributed by atoms with Gasteiger partial charge in [0.2, 0.25) is 0 Å². The molecule has 3 nitrogen and oxygen atoms in total. The van der Waals surface area contributed by atoms with Gasteiger partial charge >= 0.3 is 0 Å². The first-order chi connectivity index (χ1) is 7.79. The van der Waals surface area contributed by atoms with Crippen molar-refractivity contribution in [2.75, 3.05) is 13.2 Å². The maximum Gasteiger partial charge on any atom is 0.124 e. The van der Waals surface area contributed by atoms with E-state index in [1.54, 1.807) is 0 Å². The first-order valence-electron chi connectivity index (χ1n) is 5.83. The maximum absolute atomic E-state index is 5.79. The lowest BCUT2D eigenvalue weighted by Crippen LogP contribution is -2.17. The number of rotatable bonds is 4. The summed E-state index contributed by atoms with van der Waals surface area (Å²) in [7, 11) is 0. The molecule has 2 N–H and O–H groups in total. The minimum Gasteiger partial charge on any atom is -0.491 e. The van der Waals surface area contributed by atoms with Crippen LogP contribution in [0.2, 0.25) is 0 Å². The van der Waals surface area contributed by atoms with Crippen molar-refractivity contribution >= 4 is 12.4 Å². The molecule has 0 bridgehead atoms. The van der Waals surface area contributed by atoms with Crippen LogP contribution in [0.25, 0.3) is 0 Å². The summed E-state index contributed by atoms with van der Waals surface area (Å²) in [6.45, 7) is 4.07. The molecule has 1 heterocycles. The smallest absolute Gasteiger partial charge is 0.124 e. The third-order valence-corrected chi connectivity index (χ3v) is 2.89. The van der Waals surface area contributed by atoms with Gasteiger partial charge in [0.1, 0.15) is 12.4 Å². The molecule has 0 amide bonds. The van der Waals surface area contributed by atoms with E-state index >= 15 is 0 Å². The number of nitrogens with two attached hydrogens (primary N) is 1. The molecule has 1 aromatic rings. The van der Waals surface area contributed by atoms with Gasteiger partial charge in [-0.25, -0.2) is 0 Å². The molecule has 1 saturated heterocycles. The number of ether oxygens (including phenoxy) is 2. The third-order valence-electron chi connectivity index (χ3n) is 2.89. The largest absolute Gasteiger partial charge is 0.491 e. The molecular formula is C13H20ClNO2. The SMILES string of the molecule is Cc1ccc(CN)c(OCC2CCCO2)c1.Cl. The number of benzene rings is 1. The van der Waals surface area contributed by atoms with E-state index in [-0.39, 0.29) is 18.5 Å². The average molecular weight is 258 g/mol. The molecule has 1 atom stereocenters. The monoisotopic (exact) mass is 257 g/mol. The van der Waals surface area contributed by atoms with Crippen LogP contribution in [-0.2, 0) is 11.3 Å². The summed E-state index contributed by atoms with van der Waals surface area (Å²) >= 11 is 0. The number of aryl methyl sites for hydroxylation is 1. The molecule has 0 aliphatic carbocycles. The Balaban J connectivity index is 0.00000144. The zero-order chi connectivity index (χ0) is 11.4. The van der Waals surface area contributed by atoms with Crippen LogP contribution in [-0.4, -0.2) is 19.3 Å². The average Bonchev–Trinajstić information content (AvgIpc) is 2.79. The van der Waals surface area contributed by atoms with Crippen molar-refractivity contribution < 1.29 is 9.47 Å². The van der Waals surface area contributed by atoms with Gasteiger partial charge in [-0.15, -0.1) is 12.4 Å². The van der Waals surface area contributed by atoms with E-state index in [2.05, 4.69) is 13.0 Å². The van der Waals surface area contributed by atoms with Crippen LogP contribution in [0.15, 0.2) is 18.2 Å². The lowest BCUT2D eigenvalue weighted by Gasteiger charge is -2.14. The minimum absolute atomic E-state index is 0. The lowest BCUT2D eigenvalue weighted by molar-refractivity contribution is 0.0676. The Labute approximate surface area is 109 Å². The molecule has 0 spiro atoms. The van der Waals surface area contributed by atoms with Crippen molar-refractivity contribution in [3.63, 3.8) is 0 Å². The predicted octanol–water partition coefficient (Wildman–Crippen LogP) is 2.43. The fourth-order valence-electron chi connectivity index (χ4n) is 1.92. The van der Waals surface area contributed by atoms with E-state index < -0.39 is 0 Å². The van der Waals surface area contributed by atoms with Crippen molar-refractivity contribution in [3.8, 4) is 5.75 Å². The van der Waals surface area contributed by atoms with Gasteiger partial charge in [-0.2, -0.15) is 0 Å². The van der Waals surface area contributed by atoms with E-state index in [9.17, 15) is 0 Å². The first-order valence-corrected chi connectivity index (χ1v) is 5.83. The van der Waals surface area contributed by atoms with Crippen LogP contribution in [0.3, 0.4) is 0 Å². The summed E-state index contributed by atoms with van der Waals surface area (Å²) in [5.41, 5.74) is 7.93. The van der Waals surface area contributed by atoms with E-state index in [1.807, 2.05) is 12.1 Å². The van der Waals surface area contributed by atoms with E-state index in [0.29, 0.717) is 13.2 Å². The van der Waals surface area contributed by atoms with Gasteiger partial charge in [-0.1, -0.05) is 12.1 Å². The molecule has 0 aromatic heterocycles. The van der Waals surface area contributed by atoms with Gasteiger partial charge in [0.05, 0.1) is 6.10 Å². The molecule has 2 rings (SSSR count). The van der Waals surface area contributed by atoms with Crippen molar-refractivity contribution in [1.29, 1.82) is 0 Å². The van der Waals surface area contributed by atoms with E-state index in [4.69, 9.17) is 15.2 Å². The van der Waals surface area contributed by atoms with Gasteiger partial charge in [0, 0.05) is 18.7 Å². The van der Waals surface area contributed by atoms with Gasteiger partial charge in [-0.3, -0.25) is 0 Å². The van der Waals surface area contributed by atoms with Crippen LogP contribution >= 0.6 is 12.4 Å². The summed E-state index contributed by atoms with van der Waals surface area (Å²) in [6, 6.07) is 6.12. The molecule has 1 unspecified atom stereocenters. The van der Waals surface area contributed by atoms with Gasteiger partial charge in [-0.05, 0) is 31.4 Å². The highest BCUT2D eigenvalue weighted by Gasteiger charge is 2.16. The van der Waals surface area contributed by atoms with Gasteiger partial charge in [0.15, 0.2) is 0 Å². The van der Waals surface area contributed by atoms with Gasteiger partial charge in [0.25, 0.3) is 0 Å². The van der Waals surface area contributed by atoms with Gasteiger partial charge < -0.3 is 15.2 Å². The summed E-state index contributed by atoms with van der Waals surface area (Å²) in [4.78, 5) is 0. The Morgan fingerprint density at radius 3 is 2.94 bits per heavy atom. The van der Waals surface area contributed by atoms with E-state index in [0.717, 1.165) is 30.8 Å². The number of hydrogen-bond donors (Lipinski definition) is 1. The van der Waals surface area contributed by atoms with Crippen LogP contribution in [0, 0.1) is 6.92 Å². The van der Waals surface area contributed by atoms with Crippen molar-refractivity contribution in [1.82, 2.24) is 0 Å². The molecule has 1 aromatic carbocycles. The Morgan fingerprint density at radius 2 is 2.29 bits per heavy atom. The third kappa shape index (κ3) is 3.87. The molecule has 4 heteroatoms. The second-order valence-corrected chi connectivity index (χ2v) is 4.26. The maximum atomic E-state index is 5.79. The Bertz CT molecular complexity index is 351. The van der Waals surface area contributed by atoms with Crippen LogP contribution in [0.5, 0.6) is 5.75 Å². The fraction of sp³-hybridized carbons (Fsp3) is 0.538. The Morgan fingerprint density at radius 1 is 1.47 bits per heavy atom. The minimum atomic E-state index is 0. The lowest BCUT2D eigenvalue weighted by atomic mass is 10.1. The second kappa shape index (κ2) is 6.84. The molecule has 0 saturated carbocycles. The summed E-state index contributed by atoms with van der Waals surface area (Å²) in [5.74, 6) is 0.901. The highest BCUT2D eigenvalue weighted by molar-refractivity contribution is 5.85. The summed E-state index contributed by atoms with van der Waals surface area (Å²) in [6.07, 6.45) is 2.50. The molecule has 0 radical (unpaired) electrons. The predicted molar refractivity (Wildman–Crippen MR) is 70.8 cm³/mol. The summed E-state index contributed by atoms with van der Waals surface area (Å²) in [5, 5.41) is 0. The topological polar surface area (TPSA) is 44.5 Å². The fourth-order valence-corrected chi connectivity index (χ4v) is 1.92.